The van der Waals surface area contributed by atoms with Gasteiger partial charge in [0.2, 0.25) is 5.91 Å². The van der Waals surface area contributed by atoms with Crippen molar-refractivity contribution in [1.82, 2.24) is 15.1 Å². The fourth-order valence-corrected chi connectivity index (χ4v) is 4.15. The molecule has 0 atom stereocenters. The summed E-state index contributed by atoms with van der Waals surface area (Å²) in [6.45, 7) is 6.40. The molecule has 1 aliphatic carbocycles. The molecule has 1 fully saturated rings. The zero-order valence-electron chi connectivity index (χ0n) is 20.0. The maximum atomic E-state index is 13.1. The molecule has 178 valence electrons. The lowest BCUT2D eigenvalue weighted by atomic mass is 9.82. The van der Waals surface area contributed by atoms with Gasteiger partial charge in [0.1, 0.15) is 5.75 Å². The number of hydrogen-bond acceptors (Lipinski definition) is 4. The molecule has 1 aromatic heterocycles. The van der Waals surface area contributed by atoms with Gasteiger partial charge < -0.3 is 15.7 Å². The number of nitrogens with zero attached hydrogens (tertiary/aromatic N) is 2. The Morgan fingerprint density at radius 3 is 2.56 bits per heavy atom. The number of phenols is 1. The highest BCUT2D eigenvalue weighted by atomic mass is 16.3. The molecule has 0 spiro atoms. The van der Waals surface area contributed by atoms with Crippen LogP contribution in [0.5, 0.6) is 5.75 Å². The van der Waals surface area contributed by atoms with Crippen LogP contribution in [0, 0.1) is 12.8 Å². The maximum absolute atomic E-state index is 13.1. The highest BCUT2D eigenvalue weighted by Gasteiger charge is 2.27. The molecule has 2 amide bonds. The summed E-state index contributed by atoms with van der Waals surface area (Å²) < 4.78 is 1.44. The third-order valence-electron chi connectivity index (χ3n) is 6.30. The molecule has 0 saturated heterocycles. The molecular weight excluding hydrogens is 428 g/mol. The predicted octanol–water partition coefficient (Wildman–Crippen LogP) is 5.57. The van der Waals surface area contributed by atoms with Crippen molar-refractivity contribution in [3.05, 3.63) is 65.4 Å². The van der Waals surface area contributed by atoms with Crippen LogP contribution in [-0.2, 0) is 11.3 Å². The van der Waals surface area contributed by atoms with E-state index in [0.29, 0.717) is 29.9 Å². The standard InChI is InChI=1S/C27H32N4O3/c1-17(2)13-26(33)29-21-11-12-22(25(32)14-21)23-15-24(19-9-6-10-19)31(30-23)27(34)28-16-20-8-5-4-7-18(20)3/h4-5,7-8,11-12,14-15,17,19,32H,6,9-10,13,16H2,1-3H3,(H,28,34)(H,29,33). The van der Waals surface area contributed by atoms with Crippen molar-refractivity contribution in [2.75, 3.05) is 5.32 Å². The van der Waals surface area contributed by atoms with Gasteiger partial charge in [-0.2, -0.15) is 9.78 Å². The molecule has 0 radical (unpaired) electrons. The van der Waals surface area contributed by atoms with Crippen LogP contribution in [0.2, 0.25) is 0 Å². The van der Waals surface area contributed by atoms with Crippen LogP contribution >= 0.6 is 0 Å². The SMILES string of the molecule is Cc1ccccc1CNC(=O)n1nc(-c2ccc(NC(=O)CC(C)C)cc2O)cc1C1CCC1. The topological polar surface area (TPSA) is 96.3 Å². The normalized spacial score (nSPS) is 13.5. The minimum Gasteiger partial charge on any atom is -0.507 e. The van der Waals surface area contributed by atoms with Crippen LogP contribution in [0.1, 0.15) is 62.3 Å². The maximum Gasteiger partial charge on any atom is 0.342 e. The summed E-state index contributed by atoms with van der Waals surface area (Å²) in [4.78, 5) is 25.1. The van der Waals surface area contributed by atoms with E-state index in [0.717, 1.165) is 36.1 Å². The fourth-order valence-electron chi connectivity index (χ4n) is 4.15. The molecule has 7 nitrogen and oxygen atoms in total. The lowest BCUT2D eigenvalue weighted by Gasteiger charge is -2.25. The van der Waals surface area contributed by atoms with Gasteiger partial charge in [-0.05, 0) is 55.0 Å². The predicted molar refractivity (Wildman–Crippen MR) is 133 cm³/mol. The number of carbonyl (C=O) groups is 2. The number of aromatic nitrogens is 2. The van der Waals surface area contributed by atoms with E-state index in [1.165, 1.54) is 10.7 Å². The van der Waals surface area contributed by atoms with Gasteiger partial charge in [0.05, 0.1) is 11.4 Å². The molecule has 1 heterocycles. The van der Waals surface area contributed by atoms with Crippen molar-refractivity contribution in [2.45, 2.75) is 58.9 Å². The first-order valence-electron chi connectivity index (χ1n) is 11.9. The molecule has 34 heavy (non-hydrogen) atoms. The van der Waals surface area contributed by atoms with E-state index >= 15 is 0 Å². The highest BCUT2D eigenvalue weighted by molar-refractivity contribution is 5.91. The summed E-state index contributed by atoms with van der Waals surface area (Å²) in [6, 6.07) is 14.5. The smallest absolute Gasteiger partial charge is 0.342 e. The van der Waals surface area contributed by atoms with Crippen molar-refractivity contribution in [3.8, 4) is 17.0 Å². The Kier molecular flexibility index (Phi) is 7.01. The van der Waals surface area contributed by atoms with E-state index in [-0.39, 0.29) is 29.5 Å². The van der Waals surface area contributed by atoms with Crippen molar-refractivity contribution in [1.29, 1.82) is 0 Å². The molecule has 3 aromatic rings. The molecule has 0 unspecified atom stereocenters. The van der Waals surface area contributed by atoms with Crippen molar-refractivity contribution >= 4 is 17.6 Å². The molecule has 0 aliphatic heterocycles. The quantitative estimate of drug-likeness (QED) is 0.429. The number of anilines is 1. The fraction of sp³-hybridized carbons (Fsp3) is 0.370. The zero-order valence-corrected chi connectivity index (χ0v) is 20.0. The van der Waals surface area contributed by atoms with Gasteiger partial charge >= 0.3 is 6.03 Å². The molecule has 1 saturated carbocycles. The summed E-state index contributed by atoms with van der Waals surface area (Å²) in [5, 5.41) is 21.0. The van der Waals surface area contributed by atoms with Crippen LogP contribution in [0.4, 0.5) is 10.5 Å². The van der Waals surface area contributed by atoms with Crippen LogP contribution in [0.3, 0.4) is 0 Å². The van der Waals surface area contributed by atoms with Gasteiger partial charge in [0.25, 0.3) is 0 Å². The van der Waals surface area contributed by atoms with E-state index < -0.39 is 0 Å². The average molecular weight is 461 g/mol. The number of aromatic hydroxyl groups is 1. The van der Waals surface area contributed by atoms with Crippen LogP contribution in [0.15, 0.2) is 48.5 Å². The first-order chi connectivity index (χ1) is 16.3. The van der Waals surface area contributed by atoms with Gasteiger partial charge in [-0.1, -0.05) is 44.5 Å². The third kappa shape index (κ3) is 5.30. The zero-order chi connectivity index (χ0) is 24.2. The largest absolute Gasteiger partial charge is 0.507 e. The molecule has 3 N–H and O–H groups in total. The Morgan fingerprint density at radius 2 is 1.91 bits per heavy atom. The van der Waals surface area contributed by atoms with E-state index in [4.69, 9.17) is 0 Å². The Hall–Kier alpha value is -3.61. The second kappa shape index (κ2) is 10.1. The van der Waals surface area contributed by atoms with E-state index in [1.54, 1.807) is 12.1 Å². The van der Waals surface area contributed by atoms with Gasteiger partial charge in [0.15, 0.2) is 0 Å². The summed E-state index contributed by atoms with van der Waals surface area (Å²) in [5.41, 5.74) is 4.62. The summed E-state index contributed by atoms with van der Waals surface area (Å²) in [5.74, 6) is 0.442. The number of nitrogens with one attached hydrogen (secondary N) is 2. The van der Waals surface area contributed by atoms with E-state index in [2.05, 4.69) is 15.7 Å². The number of rotatable bonds is 7. The summed E-state index contributed by atoms with van der Waals surface area (Å²) in [6.07, 6.45) is 3.58. The second-order valence-electron chi connectivity index (χ2n) is 9.46. The number of hydrogen-bond donors (Lipinski definition) is 3. The Bertz CT molecular complexity index is 1190. The minimum atomic E-state index is -0.284. The Balaban J connectivity index is 1.55. The van der Waals surface area contributed by atoms with Gasteiger partial charge in [-0.3, -0.25) is 4.79 Å². The highest BCUT2D eigenvalue weighted by Crippen LogP contribution is 2.39. The number of amides is 2. The average Bonchev–Trinajstić information content (AvgIpc) is 3.15. The third-order valence-corrected chi connectivity index (χ3v) is 6.30. The summed E-state index contributed by atoms with van der Waals surface area (Å²) in [7, 11) is 0. The Morgan fingerprint density at radius 1 is 1.15 bits per heavy atom. The lowest BCUT2D eigenvalue weighted by Crippen LogP contribution is -2.31. The number of benzene rings is 2. The van der Waals surface area contributed by atoms with Crippen molar-refractivity contribution in [3.63, 3.8) is 0 Å². The Labute approximate surface area is 200 Å². The number of aryl methyl sites for hydroxylation is 1. The van der Waals surface area contributed by atoms with Gasteiger partial charge in [-0.25, -0.2) is 4.79 Å². The molecule has 7 heteroatoms. The van der Waals surface area contributed by atoms with Crippen molar-refractivity contribution < 1.29 is 14.7 Å². The minimum absolute atomic E-state index is 0.00692. The van der Waals surface area contributed by atoms with Crippen LogP contribution < -0.4 is 10.6 Å². The van der Waals surface area contributed by atoms with E-state index in [9.17, 15) is 14.7 Å². The lowest BCUT2D eigenvalue weighted by molar-refractivity contribution is -0.116. The van der Waals surface area contributed by atoms with Crippen LogP contribution in [0.25, 0.3) is 11.3 Å². The van der Waals surface area contributed by atoms with Crippen molar-refractivity contribution in [2.24, 2.45) is 5.92 Å². The molecule has 2 aromatic carbocycles. The first kappa shape index (κ1) is 23.5. The number of carbonyl (C=O) groups excluding carboxylic acids is 2. The van der Waals surface area contributed by atoms with Crippen LogP contribution in [-0.4, -0.2) is 26.8 Å². The van der Waals surface area contributed by atoms with Gasteiger partial charge in [-0.15, -0.1) is 0 Å². The summed E-state index contributed by atoms with van der Waals surface area (Å²) >= 11 is 0. The molecule has 1 aliphatic rings. The first-order valence-corrected chi connectivity index (χ1v) is 11.9. The number of phenolic OH excluding ortho intramolecular Hbond substituents is 1. The molecular formula is C27H32N4O3. The van der Waals surface area contributed by atoms with E-state index in [1.807, 2.05) is 51.1 Å². The monoisotopic (exact) mass is 460 g/mol. The second-order valence-corrected chi connectivity index (χ2v) is 9.46. The molecule has 4 rings (SSSR count). The van der Waals surface area contributed by atoms with Gasteiger partial charge in [0, 0.05) is 36.2 Å². The molecule has 0 bridgehead atoms.